The van der Waals surface area contributed by atoms with Gasteiger partial charge in [-0.3, -0.25) is 5.32 Å². The van der Waals surface area contributed by atoms with Crippen molar-refractivity contribution in [3.63, 3.8) is 0 Å². The zero-order valence-corrected chi connectivity index (χ0v) is 9.36. The first-order chi connectivity index (χ1) is 6.91. The van der Waals surface area contributed by atoms with Gasteiger partial charge >= 0.3 is 0 Å². The lowest BCUT2D eigenvalue weighted by Crippen LogP contribution is -2.18. The monoisotopic (exact) mass is 205 g/mol. The molecule has 0 amide bonds. The highest BCUT2D eigenvalue weighted by atomic mass is 19.1. The number of nitrogens with one attached hydrogen (secondary N) is 1. The third kappa shape index (κ3) is 11.8. The maximum absolute atomic E-state index is 11.6. The van der Waals surface area contributed by atoms with Gasteiger partial charge in [0, 0.05) is 13.2 Å². The normalized spacial score (nSPS) is 10.7. The lowest BCUT2D eigenvalue weighted by atomic mass is 10.1. The first-order valence-corrected chi connectivity index (χ1v) is 5.76. The van der Waals surface area contributed by atoms with Crippen molar-refractivity contribution in [1.82, 2.24) is 5.32 Å². The van der Waals surface area contributed by atoms with E-state index < -0.39 is 6.80 Å². The van der Waals surface area contributed by atoms with Gasteiger partial charge in [-0.05, 0) is 6.42 Å². The van der Waals surface area contributed by atoms with Crippen LogP contribution in [0.25, 0.3) is 0 Å². The summed E-state index contributed by atoms with van der Waals surface area (Å²) in [5.74, 6) is 0. The van der Waals surface area contributed by atoms with E-state index in [1.165, 1.54) is 32.1 Å². The van der Waals surface area contributed by atoms with E-state index in [0.29, 0.717) is 13.2 Å². The molecular formula is C11H24FNO. The minimum Gasteiger partial charge on any atom is -0.380 e. The third-order valence-electron chi connectivity index (χ3n) is 2.16. The number of hydrogen-bond acceptors (Lipinski definition) is 2. The molecule has 0 unspecified atom stereocenters. The van der Waals surface area contributed by atoms with Gasteiger partial charge in [-0.25, -0.2) is 4.39 Å². The summed E-state index contributed by atoms with van der Waals surface area (Å²) in [6, 6.07) is 0. The smallest absolute Gasteiger partial charge is 0.140 e. The molecule has 2 nitrogen and oxygen atoms in total. The van der Waals surface area contributed by atoms with Gasteiger partial charge in [-0.2, -0.15) is 0 Å². The summed E-state index contributed by atoms with van der Waals surface area (Å²) in [6.07, 6.45) is 7.71. The molecule has 14 heavy (non-hydrogen) atoms. The Hall–Kier alpha value is -0.150. The second-order valence-electron chi connectivity index (χ2n) is 3.51. The molecule has 0 fully saturated rings. The molecule has 0 aliphatic heterocycles. The van der Waals surface area contributed by atoms with E-state index in [4.69, 9.17) is 4.74 Å². The van der Waals surface area contributed by atoms with Crippen molar-refractivity contribution in [2.24, 2.45) is 0 Å². The van der Waals surface area contributed by atoms with Crippen LogP contribution in [-0.4, -0.2) is 26.6 Å². The fourth-order valence-corrected chi connectivity index (χ4v) is 1.30. The van der Waals surface area contributed by atoms with Gasteiger partial charge in [0.25, 0.3) is 0 Å². The Balaban J connectivity index is 2.78. The first-order valence-electron chi connectivity index (χ1n) is 5.76. The van der Waals surface area contributed by atoms with Crippen molar-refractivity contribution in [2.75, 3.05) is 26.6 Å². The van der Waals surface area contributed by atoms with Crippen LogP contribution in [0.3, 0.4) is 0 Å². The van der Waals surface area contributed by atoms with Crippen LogP contribution >= 0.6 is 0 Å². The fourth-order valence-electron chi connectivity index (χ4n) is 1.30. The van der Waals surface area contributed by atoms with Crippen LogP contribution in [-0.2, 0) is 4.74 Å². The highest BCUT2D eigenvalue weighted by molar-refractivity contribution is 4.44. The molecule has 0 radical (unpaired) electrons. The van der Waals surface area contributed by atoms with E-state index in [1.807, 2.05) is 0 Å². The molecule has 0 saturated carbocycles. The van der Waals surface area contributed by atoms with Crippen LogP contribution in [0.2, 0.25) is 0 Å². The molecule has 0 spiro atoms. The SMILES string of the molecule is CCCCCCCCOCCNCF. The van der Waals surface area contributed by atoms with E-state index >= 15 is 0 Å². The molecule has 0 heterocycles. The minimum atomic E-state index is -0.458. The summed E-state index contributed by atoms with van der Waals surface area (Å²) < 4.78 is 16.9. The molecule has 0 aromatic rings. The summed E-state index contributed by atoms with van der Waals surface area (Å²) >= 11 is 0. The number of rotatable bonds is 11. The fraction of sp³-hybridized carbons (Fsp3) is 1.00. The quantitative estimate of drug-likeness (QED) is 0.413. The Labute approximate surface area is 87.2 Å². The van der Waals surface area contributed by atoms with Crippen molar-refractivity contribution in [1.29, 1.82) is 0 Å². The number of alkyl halides is 1. The predicted molar refractivity (Wildman–Crippen MR) is 58.2 cm³/mol. The van der Waals surface area contributed by atoms with Crippen molar-refractivity contribution >= 4 is 0 Å². The first kappa shape index (κ1) is 13.8. The van der Waals surface area contributed by atoms with E-state index in [9.17, 15) is 4.39 Å². The molecule has 86 valence electrons. The number of halogens is 1. The topological polar surface area (TPSA) is 21.3 Å². The van der Waals surface area contributed by atoms with Crippen molar-refractivity contribution in [3.05, 3.63) is 0 Å². The molecule has 0 rings (SSSR count). The third-order valence-corrected chi connectivity index (χ3v) is 2.16. The molecule has 0 aliphatic rings. The summed E-state index contributed by atoms with van der Waals surface area (Å²) in [5, 5.41) is 2.58. The van der Waals surface area contributed by atoms with Crippen LogP contribution in [0.1, 0.15) is 45.4 Å². The average molecular weight is 205 g/mol. The van der Waals surface area contributed by atoms with Crippen molar-refractivity contribution < 1.29 is 9.13 Å². The van der Waals surface area contributed by atoms with E-state index in [-0.39, 0.29) is 0 Å². The van der Waals surface area contributed by atoms with Gasteiger partial charge in [-0.15, -0.1) is 0 Å². The summed E-state index contributed by atoms with van der Waals surface area (Å²) in [6.45, 7) is 3.83. The average Bonchev–Trinajstić information content (AvgIpc) is 2.21. The highest BCUT2D eigenvalue weighted by Crippen LogP contribution is 2.04. The number of hydrogen-bond donors (Lipinski definition) is 1. The Kier molecular flexibility index (Phi) is 12.7. The molecule has 0 aromatic heterocycles. The highest BCUT2D eigenvalue weighted by Gasteiger charge is 1.91. The molecule has 3 heteroatoms. The molecular weight excluding hydrogens is 181 g/mol. The Morgan fingerprint density at radius 2 is 1.71 bits per heavy atom. The summed E-state index contributed by atoms with van der Waals surface area (Å²) in [5.41, 5.74) is 0. The predicted octanol–water partition coefficient (Wildman–Crippen LogP) is 2.88. The lowest BCUT2D eigenvalue weighted by molar-refractivity contribution is 0.129. The van der Waals surface area contributed by atoms with Crippen LogP contribution in [0.15, 0.2) is 0 Å². The Bertz CT molecular complexity index is 89.3. The molecule has 1 N–H and O–H groups in total. The molecule has 0 bridgehead atoms. The van der Waals surface area contributed by atoms with Crippen LogP contribution in [0, 0.1) is 0 Å². The minimum absolute atomic E-state index is 0.458. The van der Waals surface area contributed by atoms with Gasteiger partial charge < -0.3 is 4.74 Å². The summed E-state index contributed by atoms with van der Waals surface area (Å²) in [4.78, 5) is 0. The second-order valence-corrected chi connectivity index (χ2v) is 3.51. The lowest BCUT2D eigenvalue weighted by Gasteiger charge is -2.03. The molecule has 0 saturated heterocycles. The second kappa shape index (κ2) is 12.8. The standard InChI is InChI=1S/C11H24FNO/c1-2-3-4-5-6-7-9-14-10-8-13-11-12/h13H,2-11H2,1H3. The number of unbranched alkanes of at least 4 members (excludes halogenated alkanes) is 5. The largest absolute Gasteiger partial charge is 0.380 e. The zero-order chi connectivity index (χ0) is 10.5. The number of ether oxygens (including phenoxy) is 1. The van der Waals surface area contributed by atoms with Gasteiger partial charge in [-0.1, -0.05) is 39.0 Å². The van der Waals surface area contributed by atoms with Gasteiger partial charge in [0.2, 0.25) is 0 Å². The van der Waals surface area contributed by atoms with Crippen LogP contribution in [0.5, 0.6) is 0 Å². The van der Waals surface area contributed by atoms with E-state index in [1.54, 1.807) is 0 Å². The molecule has 0 aromatic carbocycles. The van der Waals surface area contributed by atoms with Gasteiger partial charge in [0.15, 0.2) is 0 Å². The maximum Gasteiger partial charge on any atom is 0.140 e. The Morgan fingerprint density at radius 3 is 2.43 bits per heavy atom. The zero-order valence-electron chi connectivity index (χ0n) is 9.36. The van der Waals surface area contributed by atoms with Crippen LogP contribution in [0.4, 0.5) is 4.39 Å². The van der Waals surface area contributed by atoms with Gasteiger partial charge in [0.05, 0.1) is 6.61 Å². The molecule has 0 atom stereocenters. The van der Waals surface area contributed by atoms with E-state index in [0.717, 1.165) is 13.0 Å². The summed E-state index contributed by atoms with van der Waals surface area (Å²) in [7, 11) is 0. The van der Waals surface area contributed by atoms with Crippen molar-refractivity contribution in [2.45, 2.75) is 45.4 Å². The molecule has 0 aliphatic carbocycles. The van der Waals surface area contributed by atoms with Crippen LogP contribution < -0.4 is 5.32 Å². The maximum atomic E-state index is 11.6. The van der Waals surface area contributed by atoms with Gasteiger partial charge in [0.1, 0.15) is 6.80 Å². The van der Waals surface area contributed by atoms with Crippen molar-refractivity contribution in [3.8, 4) is 0 Å². The van der Waals surface area contributed by atoms with E-state index in [2.05, 4.69) is 12.2 Å². The Morgan fingerprint density at radius 1 is 1.00 bits per heavy atom.